The van der Waals surface area contributed by atoms with Gasteiger partial charge in [-0.05, 0) is 26.6 Å². The van der Waals surface area contributed by atoms with E-state index in [0.717, 1.165) is 43.3 Å². The maximum Gasteiger partial charge on any atom is 0.236 e. The smallest absolute Gasteiger partial charge is 0.236 e. The van der Waals surface area contributed by atoms with Gasteiger partial charge in [-0.25, -0.2) is 4.98 Å². The van der Waals surface area contributed by atoms with Crippen molar-refractivity contribution in [3.63, 3.8) is 0 Å². The summed E-state index contributed by atoms with van der Waals surface area (Å²) < 4.78 is 0. The molecule has 1 aliphatic heterocycles. The van der Waals surface area contributed by atoms with Crippen LogP contribution in [0.25, 0.3) is 0 Å². The number of aromatic nitrogens is 1. The van der Waals surface area contributed by atoms with Crippen LogP contribution in [0.3, 0.4) is 0 Å². The molecule has 0 unspecified atom stereocenters. The lowest BCUT2D eigenvalue weighted by Crippen LogP contribution is -2.39. The Hall–Kier alpha value is -0.980. The van der Waals surface area contributed by atoms with Crippen LogP contribution in [-0.4, -0.2) is 72.4 Å². The van der Waals surface area contributed by atoms with E-state index < -0.39 is 0 Å². The highest BCUT2D eigenvalue weighted by atomic mass is 32.1. The van der Waals surface area contributed by atoms with Gasteiger partial charge in [0.15, 0.2) is 0 Å². The summed E-state index contributed by atoms with van der Waals surface area (Å²) in [7, 11) is 4.02. The average Bonchev–Trinajstić information content (AvgIpc) is 2.83. The van der Waals surface area contributed by atoms with Crippen molar-refractivity contribution in [2.45, 2.75) is 32.7 Å². The molecule has 0 spiro atoms. The number of likely N-dealkylation sites (N-methyl/N-ethyl adjacent to an activating group) is 2. The van der Waals surface area contributed by atoms with Crippen molar-refractivity contribution in [2.24, 2.45) is 0 Å². The number of hydrogen-bond donors (Lipinski definition) is 0. The predicted molar refractivity (Wildman–Crippen MR) is 91.2 cm³/mol. The van der Waals surface area contributed by atoms with Crippen molar-refractivity contribution in [2.75, 3.05) is 46.8 Å². The van der Waals surface area contributed by atoms with Crippen molar-refractivity contribution in [3.05, 3.63) is 16.1 Å². The number of nitrogens with zero attached hydrogens (tertiary/aromatic N) is 4. The van der Waals surface area contributed by atoms with Crippen LogP contribution < -0.4 is 0 Å². The van der Waals surface area contributed by atoms with E-state index in [1.165, 1.54) is 0 Å². The van der Waals surface area contributed by atoms with Crippen LogP contribution in [0.1, 0.15) is 36.9 Å². The zero-order valence-electron chi connectivity index (χ0n) is 14.2. The maximum atomic E-state index is 12.4. The molecular formula is C16H28N4OS. The highest BCUT2D eigenvalue weighted by Gasteiger charge is 2.18. The fourth-order valence-corrected chi connectivity index (χ4v) is 3.39. The molecule has 0 aromatic carbocycles. The third-order valence-corrected chi connectivity index (χ3v) is 5.25. The fourth-order valence-electron chi connectivity index (χ4n) is 2.56. The summed E-state index contributed by atoms with van der Waals surface area (Å²) in [6.45, 7) is 9.57. The molecule has 0 radical (unpaired) electrons. The Morgan fingerprint density at radius 2 is 2.14 bits per heavy atom. The van der Waals surface area contributed by atoms with Gasteiger partial charge in [0.05, 0.1) is 23.8 Å². The monoisotopic (exact) mass is 324 g/mol. The van der Waals surface area contributed by atoms with Crippen LogP contribution in [0.15, 0.2) is 5.38 Å². The van der Waals surface area contributed by atoms with E-state index in [1.54, 1.807) is 16.2 Å². The first-order valence-corrected chi connectivity index (χ1v) is 8.93. The van der Waals surface area contributed by atoms with Crippen molar-refractivity contribution in [1.82, 2.24) is 19.7 Å². The van der Waals surface area contributed by atoms with Crippen LogP contribution >= 0.6 is 11.3 Å². The van der Waals surface area contributed by atoms with E-state index in [4.69, 9.17) is 0 Å². The molecule has 1 fully saturated rings. The molecule has 2 heterocycles. The molecule has 0 bridgehead atoms. The van der Waals surface area contributed by atoms with Gasteiger partial charge in [0.25, 0.3) is 0 Å². The largest absolute Gasteiger partial charge is 0.339 e. The molecule has 0 aliphatic carbocycles. The SMILES string of the molecule is CC(C)c1nc(CN(C)C(=O)CN2CCCN(C)CC2)cs1. The van der Waals surface area contributed by atoms with Crippen LogP contribution in [-0.2, 0) is 11.3 Å². The molecule has 124 valence electrons. The lowest BCUT2D eigenvalue weighted by Gasteiger charge is -2.23. The van der Waals surface area contributed by atoms with Crippen LogP contribution in [0.4, 0.5) is 0 Å². The summed E-state index contributed by atoms with van der Waals surface area (Å²) in [5.74, 6) is 0.637. The summed E-state index contributed by atoms with van der Waals surface area (Å²) in [5.41, 5.74) is 1.00. The van der Waals surface area contributed by atoms with Gasteiger partial charge >= 0.3 is 0 Å². The van der Waals surface area contributed by atoms with E-state index in [0.29, 0.717) is 19.0 Å². The Bertz CT molecular complexity index is 488. The number of carbonyl (C=O) groups is 1. The van der Waals surface area contributed by atoms with E-state index in [2.05, 4.69) is 41.1 Å². The molecule has 22 heavy (non-hydrogen) atoms. The number of hydrogen-bond acceptors (Lipinski definition) is 5. The van der Waals surface area contributed by atoms with Crippen molar-refractivity contribution in [1.29, 1.82) is 0 Å². The summed E-state index contributed by atoms with van der Waals surface area (Å²) in [4.78, 5) is 23.4. The van der Waals surface area contributed by atoms with Gasteiger partial charge < -0.3 is 9.80 Å². The van der Waals surface area contributed by atoms with Gasteiger partial charge in [-0.15, -0.1) is 11.3 Å². The Labute approximate surface area is 137 Å². The van der Waals surface area contributed by atoms with E-state index in [9.17, 15) is 4.79 Å². The molecule has 0 atom stereocenters. The molecule has 0 saturated carbocycles. The highest BCUT2D eigenvalue weighted by molar-refractivity contribution is 7.09. The second-order valence-electron chi connectivity index (χ2n) is 6.51. The van der Waals surface area contributed by atoms with E-state index in [-0.39, 0.29) is 5.91 Å². The predicted octanol–water partition coefficient (Wildman–Crippen LogP) is 1.86. The minimum atomic E-state index is 0.184. The Morgan fingerprint density at radius 1 is 1.36 bits per heavy atom. The molecule has 2 rings (SSSR count). The summed E-state index contributed by atoms with van der Waals surface area (Å²) >= 11 is 1.68. The second-order valence-corrected chi connectivity index (χ2v) is 7.40. The molecule has 1 aromatic heterocycles. The first-order valence-electron chi connectivity index (χ1n) is 8.05. The lowest BCUT2D eigenvalue weighted by atomic mass is 10.2. The third kappa shape index (κ3) is 5.04. The molecule has 1 saturated heterocycles. The van der Waals surface area contributed by atoms with Crippen molar-refractivity contribution < 1.29 is 4.79 Å². The molecule has 1 aromatic rings. The van der Waals surface area contributed by atoms with Crippen molar-refractivity contribution >= 4 is 17.2 Å². The van der Waals surface area contributed by atoms with Gasteiger partial charge in [0, 0.05) is 31.4 Å². The first-order chi connectivity index (χ1) is 10.5. The highest BCUT2D eigenvalue weighted by Crippen LogP contribution is 2.19. The summed E-state index contributed by atoms with van der Waals surface area (Å²) in [5, 5.41) is 3.21. The Balaban J connectivity index is 1.83. The van der Waals surface area contributed by atoms with Crippen LogP contribution in [0.5, 0.6) is 0 Å². The Morgan fingerprint density at radius 3 is 2.82 bits per heavy atom. The second kappa shape index (κ2) is 8.04. The topological polar surface area (TPSA) is 39.7 Å². The normalized spacial score (nSPS) is 17.7. The standard InChI is InChI=1S/C16H28N4OS/c1-13(2)16-17-14(12-22-16)10-19(4)15(21)11-20-7-5-6-18(3)8-9-20/h12-13H,5-11H2,1-4H3. The van der Waals surface area contributed by atoms with Gasteiger partial charge in [-0.3, -0.25) is 9.69 Å². The molecular weight excluding hydrogens is 296 g/mol. The number of rotatable bonds is 5. The zero-order valence-corrected chi connectivity index (χ0v) is 15.0. The van der Waals surface area contributed by atoms with Crippen LogP contribution in [0, 0.1) is 0 Å². The minimum absolute atomic E-state index is 0.184. The first kappa shape index (κ1) is 17.4. The summed E-state index contributed by atoms with van der Waals surface area (Å²) in [6, 6.07) is 0. The molecule has 5 nitrogen and oxygen atoms in total. The third-order valence-electron chi connectivity index (χ3n) is 4.06. The maximum absolute atomic E-state index is 12.4. The molecule has 1 aliphatic rings. The zero-order chi connectivity index (χ0) is 16.1. The summed E-state index contributed by atoms with van der Waals surface area (Å²) in [6.07, 6.45) is 1.14. The fraction of sp³-hybridized carbons (Fsp3) is 0.750. The van der Waals surface area contributed by atoms with Crippen LogP contribution in [0.2, 0.25) is 0 Å². The van der Waals surface area contributed by atoms with Gasteiger partial charge in [-0.2, -0.15) is 0 Å². The molecule has 6 heteroatoms. The van der Waals surface area contributed by atoms with E-state index >= 15 is 0 Å². The van der Waals surface area contributed by atoms with Gasteiger partial charge in [-0.1, -0.05) is 13.8 Å². The minimum Gasteiger partial charge on any atom is -0.339 e. The van der Waals surface area contributed by atoms with Gasteiger partial charge in [0.1, 0.15) is 0 Å². The lowest BCUT2D eigenvalue weighted by molar-refractivity contribution is -0.131. The number of carbonyl (C=O) groups excluding carboxylic acids is 1. The number of thiazole rings is 1. The van der Waals surface area contributed by atoms with E-state index in [1.807, 2.05) is 7.05 Å². The molecule has 0 N–H and O–H groups in total. The molecule has 1 amide bonds. The van der Waals surface area contributed by atoms with Crippen molar-refractivity contribution in [3.8, 4) is 0 Å². The quantitative estimate of drug-likeness (QED) is 0.829. The Kier molecular flexibility index (Phi) is 6.35. The number of amides is 1. The van der Waals surface area contributed by atoms with Gasteiger partial charge in [0.2, 0.25) is 5.91 Å². The average molecular weight is 324 g/mol.